The molecule has 2 bridgehead atoms. The van der Waals surface area contributed by atoms with Crippen LogP contribution >= 0.6 is 0 Å². The molecule has 0 saturated carbocycles. The summed E-state index contributed by atoms with van der Waals surface area (Å²) in [5.74, 6) is 0.575. The first kappa shape index (κ1) is 16.3. The lowest BCUT2D eigenvalue weighted by molar-refractivity contribution is -0.121. The van der Waals surface area contributed by atoms with Crippen molar-refractivity contribution in [3.05, 3.63) is 100 Å². The highest BCUT2D eigenvalue weighted by molar-refractivity contribution is 5.94. The van der Waals surface area contributed by atoms with Crippen LogP contribution in [-0.2, 0) is 4.79 Å². The average Bonchev–Trinajstić information content (AvgIpc) is 2.71. The molecule has 3 aliphatic carbocycles. The van der Waals surface area contributed by atoms with Gasteiger partial charge in [-0.2, -0.15) is 0 Å². The number of hydrogen-bond acceptors (Lipinski definition) is 1. The second-order valence-electron chi connectivity index (χ2n) is 7.92. The number of carbonyl (C=O) groups excluding carboxylic acids is 1. The largest absolute Gasteiger partial charge is 0.326 e. The third-order valence-electron chi connectivity index (χ3n) is 6.42. The van der Waals surface area contributed by atoms with E-state index in [0.717, 1.165) is 12.1 Å². The summed E-state index contributed by atoms with van der Waals surface area (Å²) in [6.45, 7) is 4.18. The molecule has 6 rings (SSSR count). The van der Waals surface area contributed by atoms with E-state index in [-0.39, 0.29) is 17.7 Å². The van der Waals surface area contributed by atoms with Gasteiger partial charge in [-0.05, 0) is 65.8 Å². The third-order valence-corrected chi connectivity index (χ3v) is 6.42. The number of fused-ring (bicyclic) bond motifs is 1. The Morgan fingerprint density at radius 3 is 2.00 bits per heavy atom. The van der Waals surface area contributed by atoms with Gasteiger partial charge in [0, 0.05) is 17.5 Å². The number of carbonyl (C=O) groups is 1. The third kappa shape index (κ3) is 2.51. The minimum Gasteiger partial charge on any atom is -0.326 e. The van der Waals surface area contributed by atoms with Crippen molar-refractivity contribution >= 4 is 11.6 Å². The summed E-state index contributed by atoms with van der Waals surface area (Å²) >= 11 is 0. The van der Waals surface area contributed by atoms with Crippen molar-refractivity contribution in [3.8, 4) is 0 Å². The number of benzene rings is 3. The summed E-state index contributed by atoms with van der Waals surface area (Å²) in [6, 6.07) is 23.5. The summed E-state index contributed by atoms with van der Waals surface area (Å²) < 4.78 is 0. The number of hydrogen-bond donors (Lipinski definition) is 1. The smallest absolute Gasteiger partial charge is 0.228 e. The van der Waals surface area contributed by atoms with Gasteiger partial charge in [-0.3, -0.25) is 4.79 Å². The monoisotopic (exact) mass is 353 g/mol. The van der Waals surface area contributed by atoms with Gasteiger partial charge in [0.05, 0.1) is 5.92 Å². The van der Waals surface area contributed by atoms with Crippen molar-refractivity contribution < 1.29 is 4.79 Å². The van der Waals surface area contributed by atoms with Gasteiger partial charge in [-0.15, -0.1) is 0 Å². The quantitative estimate of drug-likeness (QED) is 0.644. The molecular weight excluding hydrogens is 330 g/mol. The van der Waals surface area contributed by atoms with E-state index in [2.05, 4.69) is 79.8 Å². The molecule has 0 unspecified atom stereocenters. The first-order chi connectivity index (χ1) is 13.1. The van der Waals surface area contributed by atoms with Crippen molar-refractivity contribution in [3.63, 3.8) is 0 Å². The minimum atomic E-state index is -0.0265. The van der Waals surface area contributed by atoms with Crippen LogP contribution in [0.3, 0.4) is 0 Å². The molecule has 0 fully saturated rings. The fourth-order valence-corrected chi connectivity index (χ4v) is 4.95. The molecule has 1 atom stereocenters. The van der Waals surface area contributed by atoms with Crippen LogP contribution in [0.15, 0.2) is 66.7 Å². The zero-order chi connectivity index (χ0) is 18.5. The van der Waals surface area contributed by atoms with Crippen LogP contribution in [0.2, 0.25) is 0 Å². The van der Waals surface area contributed by atoms with Crippen molar-refractivity contribution in [2.45, 2.75) is 32.1 Å². The predicted octanol–water partition coefficient (Wildman–Crippen LogP) is 5.54. The fourth-order valence-electron chi connectivity index (χ4n) is 4.95. The zero-order valence-electron chi connectivity index (χ0n) is 15.7. The molecule has 134 valence electrons. The highest BCUT2D eigenvalue weighted by atomic mass is 16.1. The second-order valence-corrected chi connectivity index (χ2v) is 7.92. The summed E-state index contributed by atoms with van der Waals surface area (Å²) in [5.41, 5.74) is 8.79. The van der Waals surface area contributed by atoms with Gasteiger partial charge < -0.3 is 5.32 Å². The van der Waals surface area contributed by atoms with E-state index >= 15 is 0 Å². The van der Waals surface area contributed by atoms with Crippen LogP contribution in [0.4, 0.5) is 5.69 Å². The van der Waals surface area contributed by atoms with Crippen LogP contribution in [-0.4, -0.2) is 5.91 Å². The molecule has 0 aliphatic heterocycles. The molecule has 27 heavy (non-hydrogen) atoms. The van der Waals surface area contributed by atoms with Crippen LogP contribution in [0.5, 0.6) is 0 Å². The summed E-state index contributed by atoms with van der Waals surface area (Å²) in [5, 5.41) is 3.19. The normalized spacial score (nSPS) is 22.1. The van der Waals surface area contributed by atoms with E-state index in [1.807, 2.05) is 6.07 Å². The lowest BCUT2D eigenvalue weighted by Gasteiger charge is -2.44. The molecule has 3 aromatic carbocycles. The second kappa shape index (κ2) is 6.09. The van der Waals surface area contributed by atoms with E-state index in [1.165, 1.54) is 33.4 Å². The molecule has 0 spiro atoms. The van der Waals surface area contributed by atoms with Crippen molar-refractivity contribution in [2.75, 3.05) is 5.32 Å². The fraction of sp³-hybridized carbons (Fsp3) is 0.240. The number of amides is 1. The lowest BCUT2D eigenvalue weighted by atomic mass is 9.59. The maximum Gasteiger partial charge on any atom is 0.228 e. The number of aryl methyl sites for hydroxylation is 2. The molecule has 1 amide bonds. The van der Waals surface area contributed by atoms with Gasteiger partial charge in [0.2, 0.25) is 5.91 Å². The van der Waals surface area contributed by atoms with Crippen molar-refractivity contribution in [2.24, 2.45) is 5.92 Å². The zero-order valence-corrected chi connectivity index (χ0v) is 15.7. The molecular formula is C25H23NO. The van der Waals surface area contributed by atoms with Gasteiger partial charge in [0.25, 0.3) is 0 Å². The number of anilines is 1. The first-order valence-electron chi connectivity index (χ1n) is 9.69. The highest BCUT2D eigenvalue weighted by Crippen LogP contribution is 2.55. The molecule has 3 aliphatic rings. The Morgan fingerprint density at radius 1 is 0.815 bits per heavy atom. The molecule has 0 radical (unpaired) electrons. The first-order valence-corrected chi connectivity index (χ1v) is 9.69. The van der Waals surface area contributed by atoms with Crippen LogP contribution in [0, 0.1) is 19.8 Å². The topological polar surface area (TPSA) is 29.1 Å². The Labute approximate surface area is 160 Å². The molecule has 2 heteroatoms. The SMILES string of the molecule is Cc1ccc(NC(=O)[C@H]2CC3c4ccccc4C2c2ccccc23)cc1C. The molecule has 2 nitrogen and oxygen atoms in total. The predicted molar refractivity (Wildman–Crippen MR) is 109 cm³/mol. The average molecular weight is 353 g/mol. The van der Waals surface area contributed by atoms with E-state index in [1.54, 1.807) is 0 Å². The van der Waals surface area contributed by atoms with Gasteiger partial charge in [0.15, 0.2) is 0 Å². The Morgan fingerprint density at radius 2 is 1.41 bits per heavy atom. The number of nitrogens with one attached hydrogen (secondary N) is 1. The van der Waals surface area contributed by atoms with Gasteiger partial charge in [-0.1, -0.05) is 54.6 Å². The Kier molecular flexibility index (Phi) is 3.68. The summed E-state index contributed by atoms with van der Waals surface area (Å²) in [6.07, 6.45) is 0.884. The number of rotatable bonds is 2. The summed E-state index contributed by atoms with van der Waals surface area (Å²) in [7, 11) is 0. The van der Waals surface area contributed by atoms with E-state index in [4.69, 9.17) is 0 Å². The highest BCUT2D eigenvalue weighted by Gasteiger charge is 2.45. The van der Waals surface area contributed by atoms with E-state index < -0.39 is 0 Å². The van der Waals surface area contributed by atoms with E-state index in [0.29, 0.717) is 5.92 Å². The maximum absolute atomic E-state index is 13.3. The molecule has 0 saturated heterocycles. The van der Waals surface area contributed by atoms with Gasteiger partial charge in [-0.25, -0.2) is 0 Å². The van der Waals surface area contributed by atoms with Gasteiger partial charge >= 0.3 is 0 Å². The molecule has 1 N–H and O–H groups in total. The van der Waals surface area contributed by atoms with Crippen LogP contribution in [0.1, 0.15) is 51.6 Å². The molecule has 0 aromatic heterocycles. The maximum atomic E-state index is 13.3. The minimum absolute atomic E-state index is 0.0265. The lowest BCUT2D eigenvalue weighted by Crippen LogP contribution is -2.38. The van der Waals surface area contributed by atoms with Crippen LogP contribution < -0.4 is 5.32 Å². The summed E-state index contributed by atoms with van der Waals surface area (Å²) in [4.78, 5) is 13.3. The van der Waals surface area contributed by atoms with Gasteiger partial charge in [0.1, 0.15) is 0 Å². The van der Waals surface area contributed by atoms with Crippen molar-refractivity contribution in [1.29, 1.82) is 0 Å². The standard InChI is InChI=1S/C25H23NO/c1-15-11-12-17(13-16(15)2)26-25(27)23-14-22-18-7-3-5-9-20(18)24(23)21-10-6-4-8-19(21)22/h3-13,22-24H,14H2,1-2H3,(H,26,27)/t22?,23-,24?/m0/s1. The van der Waals surface area contributed by atoms with E-state index in [9.17, 15) is 4.79 Å². The molecule has 3 aromatic rings. The Bertz CT molecular complexity index is 1000. The molecule has 0 heterocycles. The van der Waals surface area contributed by atoms with Crippen LogP contribution in [0.25, 0.3) is 0 Å². The Balaban J connectivity index is 1.53. The van der Waals surface area contributed by atoms with Crippen molar-refractivity contribution in [1.82, 2.24) is 0 Å². The Hall–Kier alpha value is -2.87.